The van der Waals surface area contributed by atoms with Crippen LogP contribution in [0.1, 0.15) is 38.5 Å². The van der Waals surface area contributed by atoms with Crippen molar-refractivity contribution in [2.75, 3.05) is 17.2 Å². The molecule has 1 aromatic rings. The van der Waals surface area contributed by atoms with E-state index in [0.717, 1.165) is 28.4 Å². The molecule has 2 N–H and O–H groups in total. The molecule has 18 heavy (non-hydrogen) atoms. The number of hydrogen-bond acceptors (Lipinski definition) is 3. The van der Waals surface area contributed by atoms with E-state index in [0.29, 0.717) is 6.04 Å². The van der Waals surface area contributed by atoms with Crippen LogP contribution in [-0.2, 0) is 0 Å². The van der Waals surface area contributed by atoms with Gasteiger partial charge in [0.15, 0.2) is 0 Å². The van der Waals surface area contributed by atoms with Crippen molar-refractivity contribution >= 4 is 27.4 Å². The molecular formula is C14H20BrN3. The summed E-state index contributed by atoms with van der Waals surface area (Å²) in [6.07, 6.45) is 9.95. The lowest BCUT2D eigenvalue weighted by Gasteiger charge is -2.45. The highest BCUT2D eigenvalue weighted by Gasteiger charge is 2.34. The van der Waals surface area contributed by atoms with E-state index >= 15 is 0 Å². The second-order valence-electron chi connectivity index (χ2n) is 5.52. The van der Waals surface area contributed by atoms with Crippen molar-refractivity contribution in [1.29, 1.82) is 0 Å². The molecule has 0 unspecified atom stereocenters. The van der Waals surface area contributed by atoms with Gasteiger partial charge in [-0.05, 0) is 53.6 Å². The summed E-state index contributed by atoms with van der Waals surface area (Å²) in [6.45, 7) is 1.14. The quantitative estimate of drug-likeness (QED) is 0.862. The van der Waals surface area contributed by atoms with Crippen molar-refractivity contribution in [3.63, 3.8) is 0 Å². The van der Waals surface area contributed by atoms with E-state index in [9.17, 15) is 0 Å². The third-order valence-electron chi connectivity index (χ3n) is 4.36. The van der Waals surface area contributed by atoms with Crippen molar-refractivity contribution in [3.8, 4) is 0 Å². The predicted molar refractivity (Wildman–Crippen MR) is 78.7 cm³/mol. The van der Waals surface area contributed by atoms with Crippen LogP contribution in [0.3, 0.4) is 0 Å². The molecule has 1 aromatic heterocycles. The summed E-state index contributed by atoms with van der Waals surface area (Å²) >= 11 is 3.62. The molecule has 2 atom stereocenters. The molecule has 3 rings (SSSR count). The maximum absolute atomic E-state index is 5.78. The van der Waals surface area contributed by atoms with Gasteiger partial charge < -0.3 is 10.6 Å². The van der Waals surface area contributed by atoms with Crippen LogP contribution >= 0.6 is 15.9 Å². The second kappa shape index (κ2) is 5.08. The first-order valence-corrected chi connectivity index (χ1v) is 7.72. The highest BCUT2D eigenvalue weighted by atomic mass is 79.9. The Hall–Kier alpha value is -0.770. The predicted octanol–water partition coefficient (Wildman–Crippen LogP) is 3.59. The number of nitrogens with zero attached hydrogens (tertiary/aromatic N) is 2. The van der Waals surface area contributed by atoms with Gasteiger partial charge in [-0.1, -0.05) is 12.8 Å². The van der Waals surface area contributed by atoms with Crippen LogP contribution in [-0.4, -0.2) is 17.6 Å². The number of rotatable bonds is 1. The molecule has 0 radical (unpaired) electrons. The molecule has 1 aliphatic heterocycles. The van der Waals surface area contributed by atoms with Crippen molar-refractivity contribution in [2.45, 2.75) is 44.6 Å². The first kappa shape index (κ1) is 12.3. The van der Waals surface area contributed by atoms with E-state index < -0.39 is 0 Å². The van der Waals surface area contributed by atoms with Gasteiger partial charge in [0, 0.05) is 12.6 Å². The van der Waals surface area contributed by atoms with Crippen LogP contribution < -0.4 is 10.6 Å². The highest BCUT2D eigenvalue weighted by Crippen LogP contribution is 2.39. The topological polar surface area (TPSA) is 42.1 Å². The minimum atomic E-state index is 0.694. The second-order valence-corrected chi connectivity index (χ2v) is 6.38. The van der Waals surface area contributed by atoms with Gasteiger partial charge in [0.2, 0.25) is 0 Å². The third-order valence-corrected chi connectivity index (χ3v) is 4.94. The molecule has 2 aliphatic rings. The number of nitrogen functional groups attached to an aromatic ring is 1. The zero-order valence-corrected chi connectivity index (χ0v) is 12.2. The Kier molecular flexibility index (Phi) is 3.46. The smallest absolute Gasteiger partial charge is 0.143 e. The molecule has 0 aromatic carbocycles. The number of hydrogen-bond donors (Lipinski definition) is 1. The molecular weight excluding hydrogens is 290 g/mol. The van der Waals surface area contributed by atoms with E-state index in [1.54, 1.807) is 6.20 Å². The Morgan fingerprint density at radius 2 is 2.00 bits per heavy atom. The first-order chi connectivity index (χ1) is 8.75. The van der Waals surface area contributed by atoms with E-state index in [1.165, 1.54) is 38.5 Å². The van der Waals surface area contributed by atoms with Crippen molar-refractivity contribution in [3.05, 3.63) is 16.7 Å². The number of nitrogens with two attached hydrogens (primary N) is 1. The van der Waals surface area contributed by atoms with Crippen LogP contribution in [0.25, 0.3) is 0 Å². The normalized spacial score (nSPS) is 27.9. The van der Waals surface area contributed by atoms with Gasteiger partial charge in [-0.3, -0.25) is 0 Å². The molecule has 0 bridgehead atoms. The molecule has 0 spiro atoms. The third kappa shape index (κ3) is 2.22. The summed E-state index contributed by atoms with van der Waals surface area (Å²) < 4.78 is 1.04. The summed E-state index contributed by atoms with van der Waals surface area (Å²) in [6, 6.07) is 2.66. The Morgan fingerprint density at radius 3 is 2.83 bits per heavy atom. The number of anilines is 2. The van der Waals surface area contributed by atoms with Gasteiger partial charge >= 0.3 is 0 Å². The monoisotopic (exact) mass is 309 g/mol. The number of halogens is 1. The SMILES string of the molecule is Nc1cnc(N2CCC[C@H]3CCCC[C@H]32)c(Br)c1. The maximum Gasteiger partial charge on any atom is 0.143 e. The van der Waals surface area contributed by atoms with E-state index in [-0.39, 0.29) is 0 Å². The van der Waals surface area contributed by atoms with Gasteiger partial charge in [0.25, 0.3) is 0 Å². The zero-order chi connectivity index (χ0) is 12.5. The molecule has 2 heterocycles. The fraction of sp³-hybridized carbons (Fsp3) is 0.643. The lowest BCUT2D eigenvalue weighted by molar-refractivity contribution is 0.242. The van der Waals surface area contributed by atoms with E-state index in [2.05, 4.69) is 25.8 Å². The Bertz CT molecular complexity index is 433. The molecule has 4 heteroatoms. The van der Waals surface area contributed by atoms with Crippen molar-refractivity contribution in [1.82, 2.24) is 4.98 Å². The molecule has 0 amide bonds. The summed E-state index contributed by atoms with van der Waals surface area (Å²) in [5.41, 5.74) is 6.50. The number of fused-ring (bicyclic) bond motifs is 1. The van der Waals surface area contributed by atoms with Crippen molar-refractivity contribution in [2.24, 2.45) is 5.92 Å². The average Bonchev–Trinajstić information content (AvgIpc) is 2.38. The van der Waals surface area contributed by atoms with Crippen LogP contribution in [0.4, 0.5) is 11.5 Å². The Balaban J connectivity index is 1.89. The summed E-state index contributed by atoms with van der Waals surface area (Å²) in [5.74, 6) is 1.96. The van der Waals surface area contributed by atoms with Crippen LogP contribution in [0.5, 0.6) is 0 Å². The van der Waals surface area contributed by atoms with Crippen molar-refractivity contribution < 1.29 is 0 Å². The van der Waals surface area contributed by atoms with E-state index in [4.69, 9.17) is 5.73 Å². The first-order valence-electron chi connectivity index (χ1n) is 6.93. The standard InChI is InChI=1S/C14H20BrN3/c15-12-8-11(16)9-17-14(12)18-7-3-5-10-4-1-2-6-13(10)18/h8-10,13H,1-7,16H2/t10-,13-/m1/s1. The van der Waals surface area contributed by atoms with Gasteiger partial charge in [0.1, 0.15) is 5.82 Å². The fourth-order valence-electron chi connectivity index (χ4n) is 3.54. The van der Waals surface area contributed by atoms with Gasteiger partial charge in [-0.2, -0.15) is 0 Å². The molecule has 3 nitrogen and oxygen atoms in total. The Morgan fingerprint density at radius 1 is 1.22 bits per heavy atom. The minimum absolute atomic E-state index is 0.694. The van der Waals surface area contributed by atoms with E-state index in [1.807, 2.05) is 6.07 Å². The molecule has 98 valence electrons. The molecule has 1 saturated heterocycles. The van der Waals surface area contributed by atoms with Crippen LogP contribution in [0.15, 0.2) is 16.7 Å². The lowest BCUT2D eigenvalue weighted by Crippen LogP contribution is -2.47. The van der Waals surface area contributed by atoms with Gasteiger partial charge in [-0.15, -0.1) is 0 Å². The largest absolute Gasteiger partial charge is 0.397 e. The van der Waals surface area contributed by atoms with Gasteiger partial charge in [-0.25, -0.2) is 4.98 Å². The zero-order valence-electron chi connectivity index (χ0n) is 10.6. The average molecular weight is 310 g/mol. The minimum Gasteiger partial charge on any atom is -0.397 e. The van der Waals surface area contributed by atoms with Gasteiger partial charge in [0.05, 0.1) is 16.4 Å². The summed E-state index contributed by atoms with van der Waals surface area (Å²) in [4.78, 5) is 7.06. The summed E-state index contributed by atoms with van der Waals surface area (Å²) in [7, 11) is 0. The number of piperidine rings is 1. The molecule has 1 saturated carbocycles. The molecule has 2 fully saturated rings. The number of aromatic nitrogens is 1. The molecule has 1 aliphatic carbocycles. The Labute approximate surface area is 117 Å². The van der Waals surface area contributed by atoms with Crippen LogP contribution in [0.2, 0.25) is 0 Å². The van der Waals surface area contributed by atoms with Crippen LogP contribution in [0, 0.1) is 5.92 Å². The maximum atomic E-state index is 5.78. The highest BCUT2D eigenvalue weighted by molar-refractivity contribution is 9.10. The lowest BCUT2D eigenvalue weighted by atomic mass is 9.78. The number of pyridine rings is 1. The fourth-order valence-corrected chi connectivity index (χ4v) is 4.14. The summed E-state index contributed by atoms with van der Waals surface area (Å²) in [5, 5.41) is 0.